The van der Waals surface area contributed by atoms with Gasteiger partial charge in [-0.2, -0.15) is 0 Å². The molecule has 0 unspecified atom stereocenters. The van der Waals surface area contributed by atoms with Gasteiger partial charge in [0.2, 0.25) is 5.89 Å². The monoisotopic (exact) mass is 455 g/mol. The van der Waals surface area contributed by atoms with Crippen molar-refractivity contribution in [1.82, 2.24) is 4.98 Å². The first kappa shape index (κ1) is 20.9. The minimum absolute atomic E-state index is 0.0414. The molecule has 156 valence electrons. The molecule has 6 nitrogen and oxygen atoms in total. The molecular formula is C23H15Cl2NO5. The lowest BCUT2D eigenvalue weighted by Crippen LogP contribution is -2.08. The fraction of sp³-hybridized carbons (Fsp3) is 0.0870. The molecule has 0 saturated heterocycles. The average Bonchev–Trinajstić information content (AvgIpc) is 3.16. The molecule has 8 heteroatoms. The zero-order valence-electron chi connectivity index (χ0n) is 16.0. The van der Waals surface area contributed by atoms with Crippen LogP contribution in [0.4, 0.5) is 0 Å². The van der Waals surface area contributed by atoms with Crippen LogP contribution in [0, 0.1) is 0 Å². The summed E-state index contributed by atoms with van der Waals surface area (Å²) < 4.78 is 11.2. The zero-order chi connectivity index (χ0) is 22.0. The van der Waals surface area contributed by atoms with Crippen LogP contribution in [0.5, 0.6) is 5.75 Å². The van der Waals surface area contributed by atoms with Gasteiger partial charge < -0.3 is 14.3 Å². The van der Waals surface area contributed by atoms with Gasteiger partial charge in [-0.15, -0.1) is 0 Å². The first-order valence-corrected chi connectivity index (χ1v) is 10.0. The number of carboxylic acids is 1. The molecule has 0 spiro atoms. The number of aryl methyl sites for hydroxylation is 1. The fourth-order valence-electron chi connectivity index (χ4n) is 2.99. The number of aromatic nitrogens is 1. The Morgan fingerprint density at radius 2 is 1.68 bits per heavy atom. The molecule has 0 aliphatic carbocycles. The number of esters is 1. The van der Waals surface area contributed by atoms with Crippen molar-refractivity contribution in [3.63, 3.8) is 0 Å². The van der Waals surface area contributed by atoms with Gasteiger partial charge in [-0.25, -0.2) is 9.78 Å². The number of aliphatic carboxylic acids is 1. The third-order valence-electron chi connectivity index (χ3n) is 4.50. The Labute approximate surface area is 187 Å². The van der Waals surface area contributed by atoms with Crippen LogP contribution < -0.4 is 4.74 Å². The number of hydrogen-bond acceptors (Lipinski definition) is 5. The molecule has 0 radical (unpaired) electrons. The predicted molar refractivity (Wildman–Crippen MR) is 117 cm³/mol. The minimum Gasteiger partial charge on any atom is -0.481 e. The number of nitrogens with zero attached hydrogens (tertiary/aromatic N) is 1. The molecule has 3 aromatic carbocycles. The highest BCUT2D eigenvalue weighted by Crippen LogP contribution is 2.29. The Balaban J connectivity index is 1.51. The van der Waals surface area contributed by atoms with Crippen LogP contribution in [0.3, 0.4) is 0 Å². The van der Waals surface area contributed by atoms with Crippen LogP contribution in [0.25, 0.3) is 22.6 Å². The van der Waals surface area contributed by atoms with Gasteiger partial charge in [0.25, 0.3) is 0 Å². The summed E-state index contributed by atoms with van der Waals surface area (Å²) in [7, 11) is 0. The number of hydrogen-bond donors (Lipinski definition) is 1. The van der Waals surface area contributed by atoms with E-state index in [-0.39, 0.29) is 6.42 Å². The van der Waals surface area contributed by atoms with Crippen molar-refractivity contribution in [3.8, 4) is 17.2 Å². The Bertz CT molecular complexity index is 1260. The Hall–Kier alpha value is -3.35. The van der Waals surface area contributed by atoms with Gasteiger partial charge in [0.05, 0.1) is 5.56 Å². The summed E-state index contributed by atoms with van der Waals surface area (Å²) >= 11 is 12.1. The van der Waals surface area contributed by atoms with E-state index in [4.69, 9.17) is 37.5 Å². The standard InChI is InChI=1S/C23H15Cl2NO5/c24-16-9-15(10-17(25)12-16)22-26-19-7-4-14(11-20(19)31-22)23(29)30-18-5-1-13(2-6-18)3-8-21(27)28/h1-2,4-7,9-12H,3,8H2,(H,27,28). The Kier molecular flexibility index (Phi) is 5.93. The fourth-order valence-corrected chi connectivity index (χ4v) is 3.52. The number of carboxylic acid groups (broad SMARTS) is 1. The second-order valence-electron chi connectivity index (χ2n) is 6.79. The normalized spacial score (nSPS) is 10.9. The van der Waals surface area contributed by atoms with E-state index in [1.807, 2.05) is 0 Å². The molecule has 31 heavy (non-hydrogen) atoms. The highest BCUT2D eigenvalue weighted by molar-refractivity contribution is 6.35. The number of halogens is 2. The summed E-state index contributed by atoms with van der Waals surface area (Å²) in [4.78, 5) is 27.6. The lowest BCUT2D eigenvalue weighted by Gasteiger charge is -2.05. The van der Waals surface area contributed by atoms with Crippen LogP contribution in [0.2, 0.25) is 10.0 Å². The van der Waals surface area contributed by atoms with E-state index in [1.165, 1.54) is 0 Å². The topological polar surface area (TPSA) is 89.6 Å². The summed E-state index contributed by atoms with van der Waals surface area (Å²) in [6.45, 7) is 0. The number of rotatable bonds is 6. The average molecular weight is 456 g/mol. The molecule has 0 aliphatic heterocycles. The van der Waals surface area contributed by atoms with Gasteiger partial charge in [-0.05, 0) is 60.5 Å². The van der Waals surface area contributed by atoms with Gasteiger partial charge in [0.1, 0.15) is 11.3 Å². The molecule has 0 saturated carbocycles. The van der Waals surface area contributed by atoms with Crippen LogP contribution in [0.1, 0.15) is 22.3 Å². The summed E-state index contributed by atoms with van der Waals surface area (Å²) in [5.41, 5.74) is 2.77. The van der Waals surface area contributed by atoms with Gasteiger partial charge >= 0.3 is 11.9 Å². The smallest absolute Gasteiger partial charge is 0.343 e. The quantitative estimate of drug-likeness (QED) is 0.281. The van der Waals surface area contributed by atoms with Crippen LogP contribution in [0.15, 0.2) is 65.1 Å². The lowest BCUT2D eigenvalue weighted by atomic mass is 10.1. The second-order valence-corrected chi connectivity index (χ2v) is 7.66. The van der Waals surface area contributed by atoms with E-state index >= 15 is 0 Å². The lowest BCUT2D eigenvalue weighted by molar-refractivity contribution is -0.136. The molecular weight excluding hydrogens is 441 g/mol. The molecule has 0 bridgehead atoms. The minimum atomic E-state index is -0.861. The van der Waals surface area contributed by atoms with Gasteiger partial charge in [0, 0.05) is 22.0 Å². The molecule has 0 fully saturated rings. The highest BCUT2D eigenvalue weighted by atomic mass is 35.5. The molecule has 0 atom stereocenters. The van der Waals surface area contributed by atoms with Gasteiger partial charge in [-0.1, -0.05) is 35.3 Å². The van der Waals surface area contributed by atoms with E-state index in [9.17, 15) is 9.59 Å². The van der Waals surface area contributed by atoms with E-state index < -0.39 is 11.9 Å². The predicted octanol–water partition coefficient (Wildman–Crippen LogP) is 6.04. The van der Waals surface area contributed by atoms with E-state index in [0.29, 0.717) is 50.3 Å². The second kappa shape index (κ2) is 8.79. The summed E-state index contributed by atoms with van der Waals surface area (Å²) in [6, 6.07) is 16.5. The van der Waals surface area contributed by atoms with E-state index in [0.717, 1.165) is 5.56 Å². The first-order valence-electron chi connectivity index (χ1n) is 9.27. The third kappa shape index (κ3) is 5.05. The number of oxazole rings is 1. The molecule has 1 N–H and O–H groups in total. The number of carbonyl (C=O) groups is 2. The van der Waals surface area contributed by atoms with Crippen LogP contribution in [-0.4, -0.2) is 22.0 Å². The largest absolute Gasteiger partial charge is 0.481 e. The Morgan fingerprint density at radius 3 is 2.35 bits per heavy atom. The molecule has 4 aromatic rings. The van der Waals surface area contributed by atoms with Crippen molar-refractivity contribution in [2.45, 2.75) is 12.8 Å². The van der Waals surface area contributed by atoms with Crippen molar-refractivity contribution in [1.29, 1.82) is 0 Å². The van der Waals surface area contributed by atoms with Crippen LogP contribution in [-0.2, 0) is 11.2 Å². The van der Waals surface area contributed by atoms with E-state index in [2.05, 4.69) is 4.98 Å². The molecule has 0 aliphatic rings. The molecule has 4 rings (SSSR count). The zero-order valence-corrected chi connectivity index (χ0v) is 17.5. The number of ether oxygens (including phenoxy) is 1. The van der Waals surface area contributed by atoms with Crippen molar-refractivity contribution in [2.75, 3.05) is 0 Å². The molecule has 0 amide bonds. The van der Waals surface area contributed by atoms with Gasteiger partial charge in [0.15, 0.2) is 5.58 Å². The molecule has 1 heterocycles. The first-order chi connectivity index (χ1) is 14.9. The maximum Gasteiger partial charge on any atom is 0.343 e. The third-order valence-corrected chi connectivity index (χ3v) is 4.93. The van der Waals surface area contributed by atoms with Crippen LogP contribution >= 0.6 is 23.2 Å². The maximum absolute atomic E-state index is 12.5. The number of carbonyl (C=O) groups excluding carboxylic acids is 1. The van der Waals surface area contributed by atoms with Gasteiger partial charge in [-0.3, -0.25) is 4.79 Å². The number of benzene rings is 3. The van der Waals surface area contributed by atoms with Crippen molar-refractivity contribution < 1.29 is 23.8 Å². The van der Waals surface area contributed by atoms with Crippen molar-refractivity contribution in [2.24, 2.45) is 0 Å². The van der Waals surface area contributed by atoms with Crippen molar-refractivity contribution >= 4 is 46.2 Å². The SMILES string of the molecule is O=C(O)CCc1ccc(OC(=O)c2ccc3nc(-c4cc(Cl)cc(Cl)c4)oc3c2)cc1. The van der Waals surface area contributed by atoms with Crippen molar-refractivity contribution in [3.05, 3.63) is 81.8 Å². The highest BCUT2D eigenvalue weighted by Gasteiger charge is 2.14. The summed E-state index contributed by atoms with van der Waals surface area (Å²) in [5, 5.41) is 9.67. The number of fused-ring (bicyclic) bond motifs is 1. The van der Waals surface area contributed by atoms with E-state index in [1.54, 1.807) is 60.7 Å². The maximum atomic E-state index is 12.5. The summed E-state index contributed by atoms with van der Waals surface area (Å²) in [5.74, 6) is -0.721. The molecule has 1 aromatic heterocycles. The Morgan fingerprint density at radius 1 is 0.968 bits per heavy atom. The summed E-state index contributed by atoms with van der Waals surface area (Å²) in [6.07, 6.45) is 0.450.